The molecule has 0 saturated heterocycles. The summed E-state index contributed by atoms with van der Waals surface area (Å²) in [7, 11) is 0. The number of nitrogens with zero attached hydrogens (tertiary/aromatic N) is 3. The van der Waals surface area contributed by atoms with E-state index in [2.05, 4.69) is 58.2 Å². The summed E-state index contributed by atoms with van der Waals surface area (Å²) in [4.78, 5) is 122. The molecule has 0 radical (unpaired) electrons. The van der Waals surface area contributed by atoms with Gasteiger partial charge in [-0.1, -0.05) is 31.2 Å². The van der Waals surface area contributed by atoms with Gasteiger partial charge < -0.3 is 75.3 Å². The van der Waals surface area contributed by atoms with E-state index in [0.717, 1.165) is 0 Å². The first-order chi connectivity index (χ1) is 34.0. The lowest BCUT2D eigenvalue weighted by atomic mass is 10.00. The first kappa shape index (κ1) is 58.2. The molecular formula is C44H69N17O11. The maximum absolute atomic E-state index is 14.3. The fraction of sp³-hybridized carbons (Fsp3) is 0.568. The summed E-state index contributed by atoms with van der Waals surface area (Å²) in [6.45, 7) is 4.74. The van der Waals surface area contributed by atoms with Crippen molar-refractivity contribution in [1.82, 2.24) is 62.8 Å². The number of aromatic nitrogens is 3. The lowest BCUT2D eigenvalue weighted by Crippen LogP contribution is -2.61. The number of carbonyl (C=O) groups is 9. The molecule has 28 nitrogen and oxygen atoms in total. The summed E-state index contributed by atoms with van der Waals surface area (Å²) >= 11 is 0. The third-order valence-electron chi connectivity index (χ3n) is 11.3. The zero-order valence-electron chi connectivity index (χ0n) is 40.5. The van der Waals surface area contributed by atoms with Crippen LogP contribution >= 0.6 is 0 Å². The number of hydrogen-bond acceptors (Lipinski definition) is 14. The van der Waals surface area contributed by atoms with Gasteiger partial charge in [0.15, 0.2) is 11.9 Å². The van der Waals surface area contributed by atoms with E-state index in [9.17, 15) is 53.4 Å². The Kier molecular flexibility index (Phi) is 23.6. The van der Waals surface area contributed by atoms with Gasteiger partial charge in [0, 0.05) is 52.0 Å². The highest BCUT2D eigenvalue weighted by molar-refractivity contribution is 5.98. The van der Waals surface area contributed by atoms with E-state index in [1.54, 1.807) is 13.8 Å². The zero-order valence-corrected chi connectivity index (χ0v) is 40.5. The number of fused-ring (bicyclic) bond motifs is 2. The Hall–Kier alpha value is -8.07. The van der Waals surface area contributed by atoms with Crippen molar-refractivity contribution < 1.29 is 53.4 Å². The third-order valence-corrected chi connectivity index (χ3v) is 11.3. The average Bonchev–Trinajstić information content (AvgIpc) is 3.75. The van der Waals surface area contributed by atoms with E-state index in [1.807, 2.05) is 0 Å². The molecule has 8 amide bonds. The fourth-order valence-electron chi connectivity index (χ4n) is 7.46. The van der Waals surface area contributed by atoms with Crippen LogP contribution in [0.5, 0.6) is 5.75 Å². The summed E-state index contributed by atoms with van der Waals surface area (Å²) in [6, 6.07) is -3.96. The summed E-state index contributed by atoms with van der Waals surface area (Å²) < 4.78 is 1.46. The van der Waals surface area contributed by atoms with Gasteiger partial charge in [-0.15, -0.1) is 5.10 Å². The van der Waals surface area contributed by atoms with Crippen LogP contribution in [0.3, 0.4) is 0 Å². The Labute approximate surface area is 415 Å². The number of benzene rings is 1. The van der Waals surface area contributed by atoms with Crippen molar-refractivity contribution in [1.29, 1.82) is 10.8 Å². The van der Waals surface area contributed by atoms with Gasteiger partial charge in [0.2, 0.25) is 47.3 Å². The molecule has 0 unspecified atom stereocenters. The summed E-state index contributed by atoms with van der Waals surface area (Å²) in [5.74, 6) is -9.61. The first-order valence-electron chi connectivity index (χ1n) is 23.5. The maximum Gasteiger partial charge on any atom is 0.303 e. The topological polar surface area (TPSA) is 459 Å². The molecule has 0 saturated carbocycles. The molecule has 0 spiro atoms. The van der Waals surface area contributed by atoms with E-state index in [0.29, 0.717) is 18.4 Å². The van der Waals surface area contributed by atoms with Crippen molar-refractivity contribution in [2.75, 3.05) is 13.1 Å². The summed E-state index contributed by atoms with van der Waals surface area (Å²) in [6.07, 6.45) is 0.927. The SMILES string of the molecule is CC(=O)N[C@H]1Cc2cn(nn2)CCCC[C@@H](C(N)=O)NC(=O)[C@@H](Cc2ccc(O)cc2)NC(=O)[C@@H](CCCNC(=N)N)NC(=O)[C@@H](C(C)C)NC(=O)[C@@H](CCC(=O)O)NC(=O)[C@@H](CCCNC(=N)N)NC1=O. The van der Waals surface area contributed by atoms with Crippen LogP contribution in [0.25, 0.3) is 0 Å². The molecule has 3 rings (SSSR count). The number of amides is 8. The van der Waals surface area contributed by atoms with Gasteiger partial charge in [0.05, 0.1) is 5.69 Å². The summed E-state index contributed by atoms with van der Waals surface area (Å²) in [5.41, 5.74) is 17.4. The van der Waals surface area contributed by atoms with Gasteiger partial charge in [-0.25, -0.2) is 0 Å². The number of hydrogen-bond donors (Lipinski definition) is 16. The van der Waals surface area contributed by atoms with Gasteiger partial charge in [-0.2, -0.15) is 0 Å². The number of nitrogens with one attached hydrogen (secondary N) is 11. The Morgan fingerprint density at radius 3 is 1.82 bits per heavy atom. The Balaban J connectivity index is 2.12. The van der Waals surface area contributed by atoms with Gasteiger partial charge in [-0.05, 0) is 75.0 Å². The first-order valence-corrected chi connectivity index (χ1v) is 23.5. The minimum atomic E-state index is -1.61. The molecule has 1 aromatic heterocycles. The van der Waals surface area contributed by atoms with Crippen LogP contribution in [0.2, 0.25) is 0 Å². The molecule has 396 valence electrons. The predicted molar refractivity (Wildman–Crippen MR) is 258 cm³/mol. The van der Waals surface area contributed by atoms with E-state index >= 15 is 0 Å². The number of carboxylic acids is 1. The molecule has 19 N–H and O–H groups in total. The van der Waals surface area contributed by atoms with Gasteiger partial charge in [-0.3, -0.25) is 58.7 Å². The van der Waals surface area contributed by atoms with Crippen molar-refractivity contribution in [3.8, 4) is 5.75 Å². The second-order valence-electron chi connectivity index (χ2n) is 17.6. The Bertz CT molecular complexity index is 2240. The van der Waals surface area contributed by atoms with Crippen LogP contribution < -0.4 is 65.1 Å². The molecule has 0 fully saturated rings. The number of rotatable bonds is 16. The number of carbonyl (C=O) groups excluding carboxylic acids is 8. The van der Waals surface area contributed by atoms with E-state index < -0.39 is 114 Å². The van der Waals surface area contributed by atoms with E-state index in [4.69, 9.17) is 28.0 Å². The normalized spacial score (nSPS) is 22.3. The van der Waals surface area contributed by atoms with Crippen LogP contribution in [-0.2, 0) is 62.5 Å². The molecule has 72 heavy (non-hydrogen) atoms. The second kappa shape index (κ2) is 29.2. The predicted octanol–water partition coefficient (Wildman–Crippen LogP) is -4.10. The zero-order chi connectivity index (χ0) is 53.5. The van der Waals surface area contributed by atoms with Crippen LogP contribution in [-0.4, -0.2) is 146 Å². The number of nitrogens with two attached hydrogens (primary N) is 3. The van der Waals surface area contributed by atoms with Crippen LogP contribution in [0.1, 0.15) is 89.8 Å². The van der Waals surface area contributed by atoms with Crippen molar-refractivity contribution in [3.63, 3.8) is 0 Å². The highest BCUT2D eigenvalue weighted by atomic mass is 16.4. The number of aliphatic carboxylic acids is 1. The fourth-order valence-corrected chi connectivity index (χ4v) is 7.46. The van der Waals surface area contributed by atoms with Crippen LogP contribution in [0, 0.1) is 16.7 Å². The minimum Gasteiger partial charge on any atom is -0.508 e. The molecule has 28 heteroatoms. The van der Waals surface area contributed by atoms with Crippen molar-refractivity contribution in [3.05, 3.63) is 41.7 Å². The minimum absolute atomic E-state index is 0.0636. The largest absolute Gasteiger partial charge is 0.508 e. The number of aromatic hydroxyl groups is 1. The van der Waals surface area contributed by atoms with Crippen molar-refractivity contribution in [2.24, 2.45) is 23.1 Å². The summed E-state index contributed by atoms with van der Waals surface area (Å²) in [5, 5.41) is 66.1. The molecule has 1 aliphatic rings. The quantitative estimate of drug-likeness (QED) is 0.0432. The Morgan fingerprint density at radius 2 is 1.28 bits per heavy atom. The van der Waals surface area contributed by atoms with Gasteiger partial charge in [0.1, 0.15) is 48.0 Å². The molecule has 7 atom stereocenters. The van der Waals surface area contributed by atoms with Crippen molar-refractivity contribution >= 4 is 65.1 Å². The maximum atomic E-state index is 14.3. The standard InChI is InChI=1S/C44H69N17O11/c1-23(2)35-42(72)56-30(10-7-18-51-44(48)49)38(68)57-32(20-25-11-13-27(63)14-12-25)40(70)53-28(36(45)66)8-4-5-19-61-22-26(59-60-61)21-33(52-24(3)62)41(71)54-29(9-6-17-50-43(46)47)37(67)55-31(39(69)58-35)15-16-34(64)65/h11-14,22-23,28-33,35,63H,4-10,15-21H2,1-3H3,(H2,45,66)(H,52,62)(H,53,70)(H,54,71)(H,55,67)(H,56,72)(H,57,68)(H,58,69)(H,64,65)(H4,46,47,50)(H4,48,49,51)/t28-,29+,30+,31+,32+,33-,35+/m0/s1. The van der Waals surface area contributed by atoms with Gasteiger partial charge >= 0.3 is 5.97 Å². The molecule has 0 aliphatic carbocycles. The highest BCUT2D eigenvalue weighted by Gasteiger charge is 2.35. The number of phenols is 1. The number of aryl methyl sites for hydroxylation is 1. The Morgan fingerprint density at radius 1 is 0.750 bits per heavy atom. The average molecular weight is 1010 g/mol. The number of primary amides is 1. The van der Waals surface area contributed by atoms with Crippen LogP contribution in [0.4, 0.5) is 0 Å². The number of phenolic OH excluding ortho intramolecular Hbond substituents is 1. The molecule has 1 aliphatic heterocycles. The molecular weight excluding hydrogens is 943 g/mol. The molecule has 2 heterocycles. The number of carboxylic acid groups (broad SMARTS) is 1. The lowest BCUT2D eigenvalue weighted by molar-refractivity contribution is -0.139. The van der Waals surface area contributed by atoms with E-state index in [1.165, 1.54) is 42.1 Å². The van der Waals surface area contributed by atoms with Gasteiger partial charge in [0.25, 0.3) is 0 Å². The monoisotopic (exact) mass is 1010 g/mol. The van der Waals surface area contributed by atoms with Crippen LogP contribution in [0.15, 0.2) is 30.5 Å². The smallest absolute Gasteiger partial charge is 0.303 e. The highest BCUT2D eigenvalue weighted by Crippen LogP contribution is 2.14. The molecule has 2 aromatic rings. The third kappa shape index (κ3) is 20.9. The molecule has 2 bridgehead atoms. The van der Waals surface area contributed by atoms with Crippen molar-refractivity contribution in [2.45, 2.75) is 140 Å². The lowest BCUT2D eigenvalue weighted by Gasteiger charge is -2.29. The second-order valence-corrected chi connectivity index (χ2v) is 17.6. The molecule has 1 aromatic carbocycles. The number of guanidine groups is 2. The van der Waals surface area contributed by atoms with E-state index in [-0.39, 0.29) is 87.9 Å².